The number of benzene rings is 1. The van der Waals surface area contributed by atoms with Gasteiger partial charge < -0.3 is 10.6 Å². The zero-order valence-electron chi connectivity index (χ0n) is 14.7. The number of nitrogens with one attached hydrogen (secondary N) is 2. The second-order valence-electron chi connectivity index (χ2n) is 7.18. The molecule has 0 radical (unpaired) electrons. The van der Waals surface area contributed by atoms with Gasteiger partial charge in [0.2, 0.25) is 11.7 Å². The Morgan fingerprint density at radius 2 is 2.00 bits per heavy atom. The molecule has 7 nitrogen and oxygen atoms in total. The topological polar surface area (TPSA) is 84.7 Å². The predicted molar refractivity (Wildman–Crippen MR) is 98.7 cm³/mol. The number of rotatable bonds is 5. The van der Waals surface area contributed by atoms with Crippen LogP contribution in [0.3, 0.4) is 0 Å². The number of aromatic nitrogens is 4. The monoisotopic (exact) mass is 374 g/mol. The van der Waals surface area contributed by atoms with Gasteiger partial charge in [0.25, 0.3) is 0 Å². The van der Waals surface area contributed by atoms with Crippen LogP contribution in [0.4, 0.5) is 0 Å². The predicted octanol–water partition coefficient (Wildman–Crippen LogP) is 2.34. The van der Waals surface area contributed by atoms with E-state index in [2.05, 4.69) is 26.0 Å². The summed E-state index contributed by atoms with van der Waals surface area (Å²) in [4.78, 5) is 14.2. The SMILES string of the molecule is CCC(C(=O)NC1CC2CCC(C1)N2)n1nnc(-c2ccc(Cl)cc2)n1. The number of tetrazole rings is 1. The number of nitrogens with zero attached hydrogens (tertiary/aromatic N) is 4. The van der Waals surface area contributed by atoms with Crippen molar-refractivity contribution in [1.82, 2.24) is 30.8 Å². The lowest BCUT2D eigenvalue weighted by Crippen LogP contribution is -2.49. The van der Waals surface area contributed by atoms with Crippen LogP contribution < -0.4 is 10.6 Å². The smallest absolute Gasteiger partial charge is 0.247 e. The normalized spacial score (nSPS) is 25.8. The van der Waals surface area contributed by atoms with Crippen molar-refractivity contribution in [1.29, 1.82) is 0 Å². The van der Waals surface area contributed by atoms with Crippen molar-refractivity contribution < 1.29 is 4.79 Å². The number of piperidine rings is 1. The molecule has 3 heterocycles. The number of carbonyl (C=O) groups is 1. The van der Waals surface area contributed by atoms with Crippen molar-refractivity contribution in [2.45, 2.75) is 63.2 Å². The number of carbonyl (C=O) groups excluding carboxylic acids is 1. The van der Waals surface area contributed by atoms with Crippen LogP contribution in [-0.4, -0.2) is 44.2 Å². The van der Waals surface area contributed by atoms with Crippen molar-refractivity contribution in [3.8, 4) is 11.4 Å². The fourth-order valence-corrected chi connectivity index (χ4v) is 4.12. The van der Waals surface area contributed by atoms with Crippen LogP contribution in [0, 0.1) is 0 Å². The van der Waals surface area contributed by atoms with E-state index in [1.807, 2.05) is 19.1 Å². The number of amides is 1. The van der Waals surface area contributed by atoms with Gasteiger partial charge in [0, 0.05) is 28.7 Å². The molecule has 0 aliphatic carbocycles. The maximum atomic E-state index is 12.8. The summed E-state index contributed by atoms with van der Waals surface area (Å²) >= 11 is 5.92. The van der Waals surface area contributed by atoms with Crippen LogP contribution in [0.5, 0.6) is 0 Å². The Morgan fingerprint density at radius 3 is 2.65 bits per heavy atom. The molecule has 138 valence electrons. The maximum absolute atomic E-state index is 12.8. The highest BCUT2D eigenvalue weighted by Gasteiger charge is 2.35. The molecule has 1 amide bonds. The fraction of sp³-hybridized carbons (Fsp3) is 0.556. The number of fused-ring (bicyclic) bond motifs is 2. The lowest BCUT2D eigenvalue weighted by atomic mass is 9.99. The molecule has 8 heteroatoms. The van der Waals surface area contributed by atoms with Crippen LogP contribution >= 0.6 is 11.6 Å². The molecule has 2 N–H and O–H groups in total. The lowest BCUT2D eigenvalue weighted by Gasteiger charge is -2.30. The molecular weight excluding hydrogens is 352 g/mol. The first-order valence-electron chi connectivity index (χ1n) is 9.24. The third-order valence-corrected chi connectivity index (χ3v) is 5.57. The molecule has 2 bridgehead atoms. The van der Waals surface area contributed by atoms with E-state index in [4.69, 9.17) is 11.6 Å². The molecule has 3 atom stereocenters. The van der Waals surface area contributed by atoms with Crippen LogP contribution in [0.25, 0.3) is 11.4 Å². The van der Waals surface area contributed by atoms with E-state index < -0.39 is 6.04 Å². The first-order valence-corrected chi connectivity index (χ1v) is 9.62. The largest absolute Gasteiger partial charge is 0.351 e. The number of hydrogen-bond donors (Lipinski definition) is 2. The summed E-state index contributed by atoms with van der Waals surface area (Å²) in [6.07, 6.45) is 5.03. The van der Waals surface area contributed by atoms with Gasteiger partial charge in [-0.3, -0.25) is 4.79 Å². The standard InChI is InChI=1S/C18H23ClN6O/c1-2-16(18(26)21-15-9-13-7-8-14(10-15)20-13)25-23-17(22-24-25)11-3-5-12(19)6-4-11/h3-6,13-16,20H,2,7-10H2,1H3,(H,21,26). The summed E-state index contributed by atoms with van der Waals surface area (Å²) in [5, 5.41) is 20.1. The first-order chi connectivity index (χ1) is 12.6. The minimum absolute atomic E-state index is 0.0288. The average Bonchev–Trinajstić information content (AvgIpc) is 3.23. The van der Waals surface area contributed by atoms with E-state index in [9.17, 15) is 4.79 Å². The highest BCUT2D eigenvalue weighted by molar-refractivity contribution is 6.30. The van der Waals surface area contributed by atoms with Gasteiger partial charge in [-0.2, -0.15) is 4.80 Å². The quantitative estimate of drug-likeness (QED) is 0.839. The summed E-state index contributed by atoms with van der Waals surface area (Å²) < 4.78 is 0. The van der Waals surface area contributed by atoms with E-state index in [-0.39, 0.29) is 11.9 Å². The first kappa shape index (κ1) is 17.4. The molecule has 0 spiro atoms. The Morgan fingerprint density at radius 1 is 1.31 bits per heavy atom. The Kier molecular flexibility index (Phi) is 4.91. The van der Waals surface area contributed by atoms with E-state index >= 15 is 0 Å². The van der Waals surface area contributed by atoms with Gasteiger partial charge in [-0.1, -0.05) is 18.5 Å². The summed E-state index contributed by atoms with van der Waals surface area (Å²) in [5.41, 5.74) is 0.825. The van der Waals surface area contributed by atoms with E-state index in [0.717, 1.165) is 18.4 Å². The van der Waals surface area contributed by atoms with Gasteiger partial charge in [0.1, 0.15) is 0 Å². The minimum atomic E-state index is -0.448. The Labute approximate surface area is 157 Å². The molecule has 26 heavy (non-hydrogen) atoms. The number of halogens is 1. The highest BCUT2D eigenvalue weighted by atomic mass is 35.5. The van der Waals surface area contributed by atoms with Gasteiger partial charge in [-0.25, -0.2) is 0 Å². The molecule has 2 aliphatic rings. The van der Waals surface area contributed by atoms with Crippen molar-refractivity contribution in [2.24, 2.45) is 0 Å². The third kappa shape index (κ3) is 3.59. The molecule has 0 saturated carbocycles. The van der Waals surface area contributed by atoms with Crippen LogP contribution in [0.15, 0.2) is 24.3 Å². The van der Waals surface area contributed by atoms with Gasteiger partial charge in [-0.05, 0) is 61.6 Å². The van der Waals surface area contributed by atoms with Gasteiger partial charge >= 0.3 is 0 Å². The summed E-state index contributed by atoms with van der Waals surface area (Å²) in [5.74, 6) is 0.465. The molecule has 2 aromatic rings. The highest BCUT2D eigenvalue weighted by Crippen LogP contribution is 2.27. The van der Waals surface area contributed by atoms with Gasteiger partial charge in [0.05, 0.1) is 0 Å². The van der Waals surface area contributed by atoms with Crippen LogP contribution in [-0.2, 0) is 4.79 Å². The van der Waals surface area contributed by atoms with Crippen molar-refractivity contribution >= 4 is 17.5 Å². The van der Waals surface area contributed by atoms with Crippen LogP contribution in [0.1, 0.15) is 45.1 Å². The van der Waals surface area contributed by atoms with Crippen molar-refractivity contribution in [3.63, 3.8) is 0 Å². The molecule has 2 aliphatic heterocycles. The van der Waals surface area contributed by atoms with Crippen molar-refractivity contribution in [3.05, 3.63) is 29.3 Å². The molecule has 2 saturated heterocycles. The van der Waals surface area contributed by atoms with E-state index in [1.54, 1.807) is 12.1 Å². The van der Waals surface area contributed by atoms with Gasteiger partial charge in [-0.15, -0.1) is 10.2 Å². The zero-order valence-corrected chi connectivity index (χ0v) is 15.5. The maximum Gasteiger partial charge on any atom is 0.247 e. The molecule has 1 aromatic heterocycles. The van der Waals surface area contributed by atoms with Crippen molar-refractivity contribution in [2.75, 3.05) is 0 Å². The molecule has 2 fully saturated rings. The second kappa shape index (κ2) is 7.32. The summed E-state index contributed by atoms with van der Waals surface area (Å²) in [6.45, 7) is 1.96. The lowest BCUT2D eigenvalue weighted by molar-refractivity contribution is -0.126. The Hall–Kier alpha value is -1.99. The average molecular weight is 375 g/mol. The zero-order chi connectivity index (χ0) is 18.1. The Bertz CT molecular complexity index is 764. The third-order valence-electron chi connectivity index (χ3n) is 5.32. The van der Waals surface area contributed by atoms with Crippen LogP contribution in [0.2, 0.25) is 5.02 Å². The minimum Gasteiger partial charge on any atom is -0.351 e. The Balaban J connectivity index is 1.45. The molecule has 4 rings (SSSR count). The number of hydrogen-bond acceptors (Lipinski definition) is 5. The van der Waals surface area contributed by atoms with E-state index in [1.165, 1.54) is 17.6 Å². The summed E-state index contributed by atoms with van der Waals surface area (Å²) in [7, 11) is 0. The fourth-order valence-electron chi connectivity index (χ4n) is 4.00. The summed E-state index contributed by atoms with van der Waals surface area (Å²) in [6, 6.07) is 8.12. The molecule has 1 aromatic carbocycles. The molecular formula is C18H23ClN6O. The molecule has 3 unspecified atom stereocenters. The second-order valence-corrected chi connectivity index (χ2v) is 7.62. The van der Waals surface area contributed by atoms with E-state index in [0.29, 0.717) is 29.4 Å². The van der Waals surface area contributed by atoms with Gasteiger partial charge in [0.15, 0.2) is 6.04 Å².